The second-order valence-electron chi connectivity index (χ2n) is 8.04. The average Bonchev–Trinajstić information content (AvgIpc) is 3.50. The zero-order valence-electron chi connectivity index (χ0n) is 19.5. The number of ether oxygens (including phenoxy) is 2. The number of aliphatic hydroxyl groups excluding tert-OH is 1. The summed E-state index contributed by atoms with van der Waals surface area (Å²) in [6, 6.07) is 13.1. The van der Waals surface area contributed by atoms with E-state index < -0.39 is 17.7 Å². The van der Waals surface area contributed by atoms with Crippen LogP contribution in [-0.2, 0) is 16.1 Å². The van der Waals surface area contributed by atoms with Crippen LogP contribution < -0.4 is 9.47 Å². The lowest BCUT2D eigenvalue weighted by atomic mass is 9.95. The molecule has 1 aliphatic rings. The monoisotopic (exact) mass is 473 g/mol. The zero-order valence-corrected chi connectivity index (χ0v) is 19.5. The number of imidazole rings is 1. The van der Waals surface area contributed by atoms with Crippen molar-refractivity contribution in [2.24, 2.45) is 0 Å². The van der Waals surface area contributed by atoms with E-state index in [0.29, 0.717) is 48.7 Å². The third-order valence-electron chi connectivity index (χ3n) is 5.84. The summed E-state index contributed by atoms with van der Waals surface area (Å²) in [5, 5.41) is 11.2. The Morgan fingerprint density at radius 1 is 1.09 bits per heavy atom. The molecule has 0 bridgehead atoms. The molecule has 0 radical (unpaired) electrons. The molecule has 2 aromatic carbocycles. The first-order chi connectivity index (χ1) is 17.0. The first-order valence-corrected chi connectivity index (χ1v) is 11.3. The lowest BCUT2D eigenvalue weighted by molar-refractivity contribution is -0.139. The first kappa shape index (κ1) is 23.8. The summed E-state index contributed by atoms with van der Waals surface area (Å²) in [7, 11) is 1.57. The van der Waals surface area contributed by atoms with Crippen LogP contribution in [0.3, 0.4) is 0 Å². The number of benzene rings is 2. The highest BCUT2D eigenvalue weighted by atomic mass is 16.5. The van der Waals surface area contributed by atoms with Crippen LogP contribution in [-0.4, -0.2) is 51.5 Å². The van der Waals surface area contributed by atoms with Crippen molar-refractivity contribution in [3.05, 3.63) is 96.6 Å². The number of rotatable bonds is 10. The van der Waals surface area contributed by atoms with Gasteiger partial charge < -0.3 is 24.0 Å². The Balaban J connectivity index is 1.69. The molecule has 3 aromatic rings. The number of aryl methyl sites for hydroxylation is 1. The second-order valence-corrected chi connectivity index (χ2v) is 8.04. The number of Topliss-reactive ketones (excluding diaryl/α,β-unsaturated/α-hetero) is 1. The maximum Gasteiger partial charge on any atom is 0.295 e. The molecule has 1 aliphatic heterocycles. The Labute approximate surface area is 203 Å². The third kappa shape index (κ3) is 5.11. The number of nitrogens with zero attached hydrogens (tertiary/aromatic N) is 3. The molecule has 180 valence electrons. The van der Waals surface area contributed by atoms with E-state index in [0.717, 1.165) is 0 Å². The molecule has 1 N–H and O–H groups in total. The Morgan fingerprint density at radius 3 is 2.43 bits per heavy atom. The topological polar surface area (TPSA) is 93.9 Å². The van der Waals surface area contributed by atoms with Crippen LogP contribution in [0.15, 0.2) is 85.5 Å². The predicted molar refractivity (Wildman–Crippen MR) is 131 cm³/mol. The number of hydrogen-bond acceptors (Lipinski definition) is 6. The van der Waals surface area contributed by atoms with E-state index in [1.54, 1.807) is 74.2 Å². The Morgan fingerprint density at radius 2 is 1.80 bits per heavy atom. The van der Waals surface area contributed by atoms with Crippen LogP contribution in [0.25, 0.3) is 5.76 Å². The summed E-state index contributed by atoms with van der Waals surface area (Å²) < 4.78 is 12.7. The third-order valence-corrected chi connectivity index (χ3v) is 5.84. The van der Waals surface area contributed by atoms with Crippen molar-refractivity contribution in [2.75, 3.05) is 20.3 Å². The number of aromatic nitrogens is 2. The molecule has 0 unspecified atom stereocenters. The lowest BCUT2D eigenvalue weighted by Crippen LogP contribution is -2.31. The maximum absolute atomic E-state index is 13.2. The lowest BCUT2D eigenvalue weighted by Gasteiger charge is -2.25. The van der Waals surface area contributed by atoms with Crippen LogP contribution in [0.2, 0.25) is 0 Å². The molecule has 1 amide bonds. The molecule has 0 saturated carbocycles. The molecule has 8 heteroatoms. The largest absolute Gasteiger partial charge is 0.507 e. The maximum atomic E-state index is 13.2. The highest BCUT2D eigenvalue weighted by Gasteiger charge is 2.45. The van der Waals surface area contributed by atoms with Gasteiger partial charge in [-0.3, -0.25) is 9.59 Å². The second kappa shape index (κ2) is 10.7. The smallest absolute Gasteiger partial charge is 0.295 e. The van der Waals surface area contributed by atoms with Crippen molar-refractivity contribution in [3.8, 4) is 11.5 Å². The number of aliphatic hydroxyl groups is 1. The standard InChI is InChI=1S/C27H27N3O5/c1-3-17-35-22-11-7-20(8-12-22)25(31)23-24(19-5-9-21(34-2)10-6-19)30(27(33)26(23)32)15-4-14-29-16-13-28-18-29/h3,5-13,16,18,24,31H,1,4,14-15,17H2,2H3/b25-23+/t24-/m1/s1. The number of likely N-dealkylation sites (tertiary alicyclic amines) is 1. The Bertz CT molecular complexity index is 1210. The minimum absolute atomic E-state index is 0.0579. The highest BCUT2D eigenvalue weighted by Crippen LogP contribution is 2.40. The van der Waals surface area contributed by atoms with Crippen LogP contribution in [0.4, 0.5) is 0 Å². The average molecular weight is 474 g/mol. The van der Waals surface area contributed by atoms with Gasteiger partial charge >= 0.3 is 0 Å². The van der Waals surface area contributed by atoms with Gasteiger partial charge in [-0.2, -0.15) is 0 Å². The number of carbonyl (C=O) groups is 2. The fourth-order valence-electron chi connectivity index (χ4n) is 4.11. The van der Waals surface area contributed by atoms with Gasteiger partial charge in [0.15, 0.2) is 0 Å². The molecule has 1 fully saturated rings. The molecule has 35 heavy (non-hydrogen) atoms. The fourth-order valence-corrected chi connectivity index (χ4v) is 4.11. The van der Waals surface area contributed by atoms with Gasteiger partial charge in [-0.05, 0) is 48.4 Å². The minimum Gasteiger partial charge on any atom is -0.507 e. The van der Waals surface area contributed by atoms with Crippen molar-refractivity contribution < 1.29 is 24.2 Å². The summed E-state index contributed by atoms with van der Waals surface area (Å²) in [5.74, 6) is -0.313. The van der Waals surface area contributed by atoms with Crippen molar-refractivity contribution in [3.63, 3.8) is 0 Å². The van der Waals surface area contributed by atoms with Crippen LogP contribution >= 0.6 is 0 Å². The summed E-state index contributed by atoms with van der Waals surface area (Å²) >= 11 is 0. The number of methoxy groups -OCH3 is 1. The molecule has 1 aromatic heterocycles. The quantitative estimate of drug-likeness (QED) is 0.207. The molecule has 0 aliphatic carbocycles. The van der Waals surface area contributed by atoms with E-state index in [9.17, 15) is 14.7 Å². The van der Waals surface area contributed by atoms with Crippen LogP contribution in [0, 0.1) is 0 Å². The van der Waals surface area contributed by atoms with Gasteiger partial charge in [0.2, 0.25) is 0 Å². The van der Waals surface area contributed by atoms with E-state index in [-0.39, 0.29) is 11.3 Å². The van der Waals surface area contributed by atoms with Crippen LogP contribution in [0.5, 0.6) is 11.5 Å². The first-order valence-electron chi connectivity index (χ1n) is 11.3. The van der Waals surface area contributed by atoms with Gasteiger partial charge in [0.25, 0.3) is 11.7 Å². The van der Waals surface area contributed by atoms with Gasteiger partial charge in [0.1, 0.15) is 23.9 Å². The van der Waals surface area contributed by atoms with Crippen molar-refractivity contribution >= 4 is 17.4 Å². The Hall–Kier alpha value is -4.33. The van der Waals surface area contributed by atoms with Gasteiger partial charge in [-0.15, -0.1) is 0 Å². The van der Waals surface area contributed by atoms with E-state index in [1.165, 1.54) is 4.90 Å². The van der Waals surface area contributed by atoms with Crippen molar-refractivity contribution in [2.45, 2.75) is 19.0 Å². The molecule has 8 nitrogen and oxygen atoms in total. The number of carbonyl (C=O) groups excluding carboxylic acids is 2. The summed E-state index contributed by atoms with van der Waals surface area (Å²) in [5.41, 5.74) is 1.19. The predicted octanol–water partition coefficient (Wildman–Crippen LogP) is 3.97. The summed E-state index contributed by atoms with van der Waals surface area (Å²) in [6.45, 7) is 4.96. The Kier molecular flexibility index (Phi) is 7.30. The van der Waals surface area contributed by atoms with Gasteiger partial charge in [-0.25, -0.2) is 4.98 Å². The number of hydrogen-bond donors (Lipinski definition) is 1. The highest BCUT2D eigenvalue weighted by molar-refractivity contribution is 6.46. The molecular weight excluding hydrogens is 446 g/mol. The summed E-state index contributed by atoms with van der Waals surface area (Å²) in [4.78, 5) is 31.8. The molecule has 1 atom stereocenters. The van der Waals surface area contributed by atoms with E-state index in [2.05, 4.69) is 11.6 Å². The van der Waals surface area contributed by atoms with Crippen molar-refractivity contribution in [1.29, 1.82) is 0 Å². The van der Waals surface area contributed by atoms with E-state index >= 15 is 0 Å². The van der Waals surface area contributed by atoms with Crippen LogP contribution in [0.1, 0.15) is 23.6 Å². The summed E-state index contributed by atoms with van der Waals surface area (Å²) in [6.07, 6.45) is 7.49. The molecule has 0 spiro atoms. The molecule has 2 heterocycles. The van der Waals surface area contributed by atoms with Gasteiger partial charge in [0.05, 0.1) is 25.1 Å². The molecule has 4 rings (SSSR count). The van der Waals surface area contributed by atoms with Gasteiger partial charge in [-0.1, -0.05) is 24.8 Å². The SMILES string of the molecule is C=CCOc1ccc(/C(O)=C2\C(=O)C(=O)N(CCCn3ccnc3)[C@@H]2c2ccc(OC)cc2)cc1. The number of ketones is 1. The van der Waals surface area contributed by atoms with E-state index in [4.69, 9.17) is 9.47 Å². The minimum atomic E-state index is -0.722. The number of amides is 1. The molecule has 1 saturated heterocycles. The van der Waals surface area contributed by atoms with E-state index in [1.807, 2.05) is 10.8 Å². The van der Waals surface area contributed by atoms with Gasteiger partial charge in [0, 0.05) is 31.0 Å². The normalized spacial score (nSPS) is 16.9. The fraction of sp³-hybridized carbons (Fsp3) is 0.222. The molecular formula is C27H27N3O5. The van der Waals surface area contributed by atoms with Crippen molar-refractivity contribution in [1.82, 2.24) is 14.5 Å². The zero-order chi connectivity index (χ0) is 24.8.